The summed E-state index contributed by atoms with van der Waals surface area (Å²) in [4.78, 5) is 8.83. The van der Waals surface area contributed by atoms with E-state index >= 15 is 0 Å². The number of imidazole rings is 1. The summed E-state index contributed by atoms with van der Waals surface area (Å²) in [6.45, 7) is 5.53. The summed E-state index contributed by atoms with van der Waals surface area (Å²) in [5.74, 6) is 0.917. The molecule has 0 fully saturated rings. The monoisotopic (exact) mass is 260 g/mol. The van der Waals surface area contributed by atoms with Gasteiger partial charge in [0.05, 0.1) is 31.4 Å². The van der Waals surface area contributed by atoms with Crippen LogP contribution in [0.3, 0.4) is 0 Å². The van der Waals surface area contributed by atoms with Gasteiger partial charge < -0.3 is 14.6 Å². The van der Waals surface area contributed by atoms with Gasteiger partial charge in [-0.05, 0) is 20.9 Å². The summed E-state index contributed by atoms with van der Waals surface area (Å²) in [6.07, 6.45) is 5.72. The van der Waals surface area contributed by atoms with Crippen LogP contribution in [0.2, 0.25) is 0 Å². The lowest BCUT2D eigenvalue weighted by Gasteiger charge is -2.12. The zero-order valence-corrected chi connectivity index (χ0v) is 11.9. The summed E-state index contributed by atoms with van der Waals surface area (Å²) in [6, 6.07) is 0. The Bertz CT molecular complexity index is 563. The van der Waals surface area contributed by atoms with E-state index in [2.05, 4.69) is 15.3 Å². The van der Waals surface area contributed by atoms with Gasteiger partial charge in [-0.25, -0.2) is 4.98 Å². The Hall–Kier alpha value is -1.88. The highest BCUT2D eigenvalue weighted by Gasteiger charge is 2.10. The largest absolute Gasteiger partial charge is 0.496 e. The summed E-state index contributed by atoms with van der Waals surface area (Å²) in [5, 5.41) is 3.09. The van der Waals surface area contributed by atoms with Crippen molar-refractivity contribution >= 4 is 0 Å². The van der Waals surface area contributed by atoms with Gasteiger partial charge in [-0.3, -0.25) is 4.98 Å². The first-order valence-corrected chi connectivity index (χ1v) is 6.30. The van der Waals surface area contributed by atoms with Crippen molar-refractivity contribution in [3.63, 3.8) is 0 Å². The highest BCUT2D eigenvalue weighted by molar-refractivity contribution is 5.41. The maximum absolute atomic E-state index is 5.42. The van der Waals surface area contributed by atoms with E-state index in [1.54, 1.807) is 7.11 Å². The molecular formula is C14H20N4O. The lowest BCUT2D eigenvalue weighted by atomic mass is 10.1. The predicted octanol–water partition coefficient (Wildman–Crippen LogP) is 1.67. The first-order valence-electron chi connectivity index (χ1n) is 6.30. The van der Waals surface area contributed by atoms with Crippen molar-refractivity contribution in [1.29, 1.82) is 0 Å². The molecule has 0 aliphatic rings. The first-order chi connectivity index (χ1) is 9.15. The fraction of sp³-hybridized carbons (Fsp3) is 0.429. The van der Waals surface area contributed by atoms with E-state index in [0.29, 0.717) is 6.54 Å². The van der Waals surface area contributed by atoms with E-state index in [1.165, 1.54) is 0 Å². The number of hydrogen-bond donors (Lipinski definition) is 1. The van der Waals surface area contributed by atoms with Crippen LogP contribution in [0.1, 0.15) is 22.5 Å². The van der Waals surface area contributed by atoms with E-state index in [4.69, 9.17) is 4.74 Å². The number of methoxy groups -OCH3 is 1. The minimum Gasteiger partial charge on any atom is -0.496 e. The number of pyridine rings is 1. The van der Waals surface area contributed by atoms with Crippen molar-refractivity contribution in [2.75, 3.05) is 14.2 Å². The number of nitrogens with zero attached hydrogens (tertiary/aromatic N) is 3. The molecule has 0 bridgehead atoms. The Kier molecular flexibility index (Phi) is 4.16. The van der Waals surface area contributed by atoms with Crippen molar-refractivity contribution < 1.29 is 4.74 Å². The summed E-state index contributed by atoms with van der Waals surface area (Å²) >= 11 is 0. The van der Waals surface area contributed by atoms with Crippen LogP contribution in [0, 0.1) is 13.8 Å². The fourth-order valence-electron chi connectivity index (χ4n) is 2.17. The van der Waals surface area contributed by atoms with Crippen LogP contribution < -0.4 is 10.1 Å². The molecule has 2 heterocycles. The molecule has 0 spiro atoms. The molecule has 5 heteroatoms. The molecule has 0 aliphatic carbocycles. The molecule has 19 heavy (non-hydrogen) atoms. The van der Waals surface area contributed by atoms with Crippen molar-refractivity contribution in [1.82, 2.24) is 19.9 Å². The molecule has 0 saturated heterocycles. The van der Waals surface area contributed by atoms with Crippen molar-refractivity contribution in [3.05, 3.63) is 41.2 Å². The number of nitrogens with one attached hydrogen (secondary N) is 1. The minimum absolute atomic E-state index is 0.708. The van der Waals surface area contributed by atoms with Crippen LogP contribution in [0.4, 0.5) is 0 Å². The van der Waals surface area contributed by atoms with Crippen molar-refractivity contribution in [2.24, 2.45) is 0 Å². The summed E-state index contributed by atoms with van der Waals surface area (Å²) < 4.78 is 7.46. The van der Waals surface area contributed by atoms with Crippen LogP contribution >= 0.6 is 0 Å². The molecule has 0 atom stereocenters. The van der Waals surface area contributed by atoms with Gasteiger partial charge in [0.25, 0.3) is 0 Å². The Morgan fingerprint density at radius 3 is 2.79 bits per heavy atom. The minimum atomic E-state index is 0.708. The maximum Gasteiger partial charge on any atom is 0.128 e. The molecule has 0 aromatic carbocycles. The first kappa shape index (κ1) is 13.5. The molecule has 2 aromatic rings. The summed E-state index contributed by atoms with van der Waals surface area (Å²) in [5.41, 5.74) is 4.19. The number of hydrogen-bond acceptors (Lipinski definition) is 4. The van der Waals surface area contributed by atoms with Crippen molar-refractivity contribution in [3.8, 4) is 5.75 Å². The van der Waals surface area contributed by atoms with E-state index in [-0.39, 0.29) is 0 Å². The lowest BCUT2D eigenvalue weighted by Crippen LogP contribution is -2.06. The van der Waals surface area contributed by atoms with Gasteiger partial charge in [-0.1, -0.05) is 0 Å². The smallest absolute Gasteiger partial charge is 0.128 e. The van der Waals surface area contributed by atoms with E-state index in [9.17, 15) is 0 Å². The zero-order chi connectivity index (χ0) is 13.8. The van der Waals surface area contributed by atoms with Gasteiger partial charge in [0.2, 0.25) is 0 Å². The quantitative estimate of drug-likeness (QED) is 0.888. The van der Waals surface area contributed by atoms with Crippen LogP contribution in [0.5, 0.6) is 5.75 Å². The molecule has 0 amide bonds. The predicted molar refractivity (Wildman–Crippen MR) is 74.4 cm³/mol. The van der Waals surface area contributed by atoms with Crippen molar-refractivity contribution in [2.45, 2.75) is 26.9 Å². The third-order valence-corrected chi connectivity index (χ3v) is 3.13. The molecule has 2 rings (SSSR count). The molecule has 1 N–H and O–H groups in total. The Labute approximate surface area is 113 Å². The van der Waals surface area contributed by atoms with Gasteiger partial charge in [0.1, 0.15) is 5.75 Å². The Morgan fingerprint density at radius 2 is 2.11 bits per heavy atom. The van der Waals surface area contributed by atoms with Crippen LogP contribution in [0.25, 0.3) is 0 Å². The van der Waals surface area contributed by atoms with E-state index in [0.717, 1.165) is 34.8 Å². The third kappa shape index (κ3) is 2.93. The van der Waals surface area contributed by atoms with Crippen LogP contribution in [0.15, 0.2) is 18.7 Å². The molecule has 0 radical (unpaired) electrons. The van der Waals surface area contributed by atoms with E-state index in [1.807, 2.05) is 44.2 Å². The standard InChI is InChI=1S/C14H20N4O/c1-10-5-16-13(11(2)14(10)19-4)8-18-7-12(6-15-3)17-9-18/h5,7,9,15H,6,8H2,1-4H3. The average molecular weight is 260 g/mol. The molecular weight excluding hydrogens is 240 g/mol. The number of aromatic nitrogens is 3. The van der Waals surface area contributed by atoms with Gasteiger partial charge in [0, 0.05) is 30.1 Å². The molecule has 0 aliphatic heterocycles. The van der Waals surface area contributed by atoms with Gasteiger partial charge in [-0.2, -0.15) is 0 Å². The van der Waals surface area contributed by atoms with Gasteiger partial charge in [0.15, 0.2) is 0 Å². The third-order valence-electron chi connectivity index (χ3n) is 3.13. The second-order valence-electron chi connectivity index (χ2n) is 4.61. The highest BCUT2D eigenvalue weighted by atomic mass is 16.5. The second kappa shape index (κ2) is 5.84. The molecule has 0 unspecified atom stereocenters. The van der Waals surface area contributed by atoms with Gasteiger partial charge >= 0.3 is 0 Å². The van der Waals surface area contributed by atoms with Crippen LogP contribution in [-0.4, -0.2) is 28.7 Å². The van der Waals surface area contributed by atoms with E-state index < -0.39 is 0 Å². The fourth-order valence-corrected chi connectivity index (χ4v) is 2.17. The van der Waals surface area contributed by atoms with Gasteiger partial charge in [-0.15, -0.1) is 0 Å². The number of rotatable bonds is 5. The second-order valence-corrected chi connectivity index (χ2v) is 4.61. The normalized spacial score (nSPS) is 10.7. The molecule has 0 saturated carbocycles. The Morgan fingerprint density at radius 1 is 1.32 bits per heavy atom. The highest BCUT2D eigenvalue weighted by Crippen LogP contribution is 2.24. The van der Waals surface area contributed by atoms with Crippen LogP contribution in [-0.2, 0) is 13.1 Å². The zero-order valence-electron chi connectivity index (χ0n) is 11.9. The number of ether oxygens (including phenoxy) is 1. The topological polar surface area (TPSA) is 52.0 Å². The lowest BCUT2D eigenvalue weighted by molar-refractivity contribution is 0.406. The summed E-state index contributed by atoms with van der Waals surface area (Å²) in [7, 11) is 3.61. The Balaban J connectivity index is 2.23. The average Bonchev–Trinajstić information content (AvgIpc) is 2.82. The maximum atomic E-state index is 5.42. The molecule has 2 aromatic heterocycles. The molecule has 5 nitrogen and oxygen atoms in total. The number of aryl methyl sites for hydroxylation is 1. The SMILES string of the molecule is CNCc1cn(Cc2ncc(C)c(OC)c2C)cn1. The molecule has 102 valence electrons.